The van der Waals surface area contributed by atoms with Crippen molar-refractivity contribution in [3.8, 4) is 17.0 Å². The normalized spacial score (nSPS) is 12.0. The Morgan fingerprint density at radius 2 is 1.89 bits per heavy atom. The van der Waals surface area contributed by atoms with Crippen molar-refractivity contribution in [1.29, 1.82) is 0 Å². The van der Waals surface area contributed by atoms with Crippen LogP contribution in [0.5, 0.6) is 5.75 Å². The highest BCUT2D eigenvalue weighted by Gasteiger charge is 2.17. The third-order valence-corrected chi connectivity index (χ3v) is 6.04. The van der Waals surface area contributed by atoms with Crippen LogP contribution in [0.25, 0.3) is 16.9 Å². The summed E-state index contributed by atoms with van der Waals surface area (Å²) in [6, 6.07) is 16.2. The maximum atomic E-state index is 12.9. The molecule has 0 saturated carbocycles. The van der Waals surface area contributed by atoms with Crippen molar-refractivity contribution in [2.24, 2.45) is 0 Å². The molecule has 4 rings (SSSR count). The Hall–Kier alpha value is -4.17. The summed E-state index contributed by atoms with van der Waals surface area (Å²) in [4.78, 5) is 29.5. The quantitative estimate of drug-likeness (QED) is 0.221. The first kappa shape index (κ1) is 25.9. The summed E-state index contributed by atoms with van der Waals surface area (Å²) in [6.45, 7) is 5.30. The van der Waals surface area contributed by atoms with Gasteiger partial charge in [0.2, 0.25) is 0 Å². The van der Waals surface area contributed by atoms with E-state index in [9.17, 15) is 14.7 Å². The van der Waals surface area contributed by atoms with Gasteiger partial charge in [0.25, 0.3) is 5.91 Å². The number of nitrogen functional groups attached to an aromatic ring is 1. The van der Waals surface area contributed by atoms with E-state index in [-0.39, 0.29) is 30.4 Å². The minimum absolute atomic E-state index is 0.0204. The van der Waals surface area contributed by atoms with Gasteiger partial charge in [0.1, 0.15) is 11.4 Å². The molecule has 0 aliphatic heterocycles. The molecule has 1 atom stereocenters. The molecule has 0 unspecified atom stereocenters. The zero-order valence-corrected chi connectivity index (χ0v) is 21.3. The van der Waals surface area contributed by atoms with Crippen molar-refractivity contribution >= 4 is 23.0 Å². The van der Waals surface area contributed by atoms with Gasteiger partial charge in [-0.1, -0.05) is 24.3 Å². The van der Waals surface area contributed by atoms with Crippen LogP contribution in [0.4, 0.5) is 5.69 Å². The van der Waals surface area contributed by atoms with Gasteiger partial charge in [0.15, 0.2) is 5.78 Å². The maximum Gasteiger partial charge on any atom is 0.251 e. The number of nitrogens with one attached hydrogen (secondary N) is 1. The molecule has 1 amide bonds. The van der Waals surface area contributed by atoms with Gasteiger partial charge < -0.3 is 25.3 Å². The fraction of sp³-hybridized carbons (Fsp3) is 0.276. The van der Waals surface area contributed by atoms with Crippen LogP contribution in [0.15, 0.2) is 67.0 Å². The van der Waals surface area contributed by atoms with Gasteiger partial charge in [-0.05, 0) is 69.5 Å². The van der Waals surface area contributed by atoms with E-state index in [0.717, 1.165) is 16.8 Å². The number of nitrogens with two attached hydrogens (primary N) is 1. The van der Waals surface area contributed by atoms with E-state index in [4.69, 9.17) is 10.5 Å². The predicted octanol–water partition coefficient (Wildman–Crippen LogP) is 4.30. The maximum absolute atomic E-state index is 12.9. The number of benzene rings is 2. The van der Waals surface area contributed by atoms with Crippen LogP contribution < -0.4 is 15.8 Å². The topological polar surface area (TPSA) is 119 Å². The van der Waals surface area contributed by atoms with Crippen molar-refractivity contribution in [1.82, 2.24) is 14.7 Å². The fourth-order valence-electron chi connectivity index (χ4n) is 4.22. The summed E-state index contributed by atoms with van der Waals surface area (Å²) in [5, 5.41) is 12.6. The Morgan fingerprint density at radius 3 is 2.54 bits per heavy atom. The zero-order chi connectivity index (χ0) is 26.5. The average Bonchev–Trinajstić information content (AvgIpc) is 3.30. The lowest BCUT2D eigenvalue weighted by Gasteiger charge is -2.19. The fourth-order valence-corrected chi connectivity index (χ4v) is 4.22. The van der Waals surface area contributed by atoms with Gasteiger partial charge in [-0.3, -0.25) is 9.59 Å². The number of aromatic nitrogens is 2. The number of amides is 1. The van der Waals surface area contributed by atoms with Crippen molar-refractivity contribution in [2.75, 3.05) is 12.3 Å². The molecule has 0 fully saturated rings. The number of imidazole rings is 1. The van der Waals surface area contributed by atoms with Gasteiger partial charge in [0.05, 0.1) is 23.0 Å². The molecule has 2 aromatic carbocycles. The number of ether oxygens (including phenoxy) is 1. The van der Waals surface area contributed by atoms with E-state index in [2.05, 4.69) is 10.3 Å². The molecule has 0 radical (unpaired) electrons. The summed E-state index contributed by atoms with van der Waals surface area (Å²) in [5.41, 5.74) is 10.8. The highest BCUT2D eigenvalue weighted by molar-refractivity contribution is 6.00. The summed E-state index contributed by atoms with van der Waals surface area (Å²) in [5.74, 6) is 0.253. The Labute approximate surface area is 216 Å². The molecule has 4 aromatic rings. The number of nitrogens with zero attached hydrogens (tertiary/aromatic N) is 2. The first-order chi connectivity index (χ1) is 17.7. The first-order valence-electron chi connectivity index (χ1n) is 12.3. The van der Waals surface area contributed by atoms with Crippen molar-refractivity contribution in [3.63, 3.8) is 0 Å². The van der Waals surface area contributed by atoms with Gasteiger partial charge in [0, 0.05) is 36.2 Å². The summed E-state index contributed by atoms with van der Waals surface area (Å²) < 4.78 is 7.49. The van der Waals surface area contributed by atoms with Crippen LogP contribution in [-0.4, -0.2) is 44.9 Å². The van der Waals surface area contributed by atoms with Gasteiger partial charge in [-0.25, -0.2) is 4.98 Å². The largest absolute Gasteiger partial charge is 0.489 e. The molecule has 8 nitrogen and oxygen atoms in total. The third-order valence-electron chi connectivity index (χ3n) is 6.04. The second-order valence-electron chi connectivity index (χ2n) is 9.34. The molecule has 192 valence electrons. The number of aliphatic hydroxyl groups is 1. The Bertz CT molecular complexity index is 1410. The molecule has 0 aliphatic carbocycles. The zero-order valence-electron chi connectivity index (χ0n) is 21.3. The molecular weight excluding hydrogens is 468 g/mol. The summed E-state index contributed by atoms with van der Waals surface area (Å²) >= 11 is 0. The summed E-state index contributed by atoms with van der Waals surface area (Å²) in [6.07, 6.45) is 4.71. The third kappa shape index (κ3) is 6.16. The molecule has 2 aromatic heterocycles. The minimum Gasteiger partial charge on any atom is -0.489 e. The number of aliphatic hydroxyl groups excluding tert-OH is 1. The number of hydrogen-bond acceptors (Lipinski definition) is 6. The van der Waals surface area contributed by atoms with E-state index >= 15 is 0 Å². The SMILES string of the molecule is CC(=O)c1cccn2cc(-c3ccc(C[C@@H](CCO)NC(=O)c4ccc(OC(C)C)c(N)c4)cc3)nc12. The van der Waals surface area contributed by atoms with Gasteiger partial charge in [-0.2, -0.15) is 0 Å². The van der Waals surface area contributed by atoms with E-state index in [1.807, 2.05) is 61.0 Å². The number of anilines is 1. The van der Waals surface area contributed by atoms with Gasteiger partial charge in [-0.15, -0.1) is 0 Å². The number of rotatable bonds is 10. The molecular formula is C29H32N4O4. The van der Waals surface area contributed by atoms with Gasteiger partial charge >= 0.3 is 0 Å². The van der Waals surface area contributed by atoms with Crippen LogP contribution in [0.1, 0.15) is 53.5 Å². The second-order valence-corrected chi connectivity index (χ2v) is 9.34. The van der Waals surface area contributed by atoms with Crippen LogP contribution >= 0.6 is 0 Å². The van der Waals surface area contributed by atoms with Crippen molar-refractivity contribution in [3.05, 3.63) is 83.7 Å². The number of hydrogen-bond donors (Lipinski definition) is 3. The Kier molecular flexibility index (Phi) is 7.89. The molecule has 2 heterocycles. The molecule has 37 heavy (non-hydrogen) atoms. The van der Waals surface area contributed by atoms with E-state index in [1.54, 1.807) is 24.3 Å². The predicted molar refractivity (Wildman–Crippen MR) is 144 cm³/mol. The van der Waals surface area contributed by atoms with Crippen LogP contribution in [-0.2, 0) is 6.42 Å². The lowest BCUT2D eigenvalue weighted by Crippen LogP contribution is -2.37. The lowest BCUT2D eigenvalue weighted by molar-refractivity contribution is 0.0929. The molecule has 4 N–H and O–H groups in total. The smallest absolute Gasteiger partial charge is 0.251 e. The number of ketones is 1. The molecule has 0 spiro atoms. The first-order valence-corrected chi connectivity index (χ1v) is 12.3. The number of Topliss-reactive ketones (excluding diaryl/α,β-unsaturated/α-hetero) is 1. The van der Waals surface area contributed by atoms with E-state index in [1.165, 1.54) is 6.92 Å². The highest BCUT2D eigenvalue weighted by atomic mass is 16.5. The number of carbonyl (C=O) groups is 2. The average molecular weight is 501 g/mol. The molecule has 0 bridgehead atoms. The molecule has 8 heteroatoms. The number of pyridine rings is 1. The van der Waals surface area contributed by atoms with Crippen LogP contribution in [0.2, 0.25) is 0 Å². The summed E-state index contributed by atoms with van der Waals surface area (Å²) in [7, 11) is 0. The van der Waals surface area contributed by atoms with E-state index in [0.29, 0.717) is 41.1 Å². The highest BCUT2D eigenvalue weighted by Crippen LogP contribution is 2.25. The van der Waals surface area contributed by atoms with Crippen molar-refractivity contribution < 1.29 is 19.4 Å². The Balaban J connectivity index is 1.46. The lowest BCUT2D eigenvalue weighted by atomic mass is 10.0. The van der Waals surface area contributed by atoms with E-state index < -0.39 is 0 Å². The van der Waals surface area contributed by atoms with Crippen molar-refractivity contribution in [2.45, 2.75) is 45.8 Å². The molecule has 0 aliphatic rings. The molecule has 0 saturated heterocycles. The second kappa shape index (κ2) is 11.3. The number of fused-ring (bicyclic) bond motifs is 1. The van der Waals surface area contributed by atoms with Crippen LogP contribution in [0, 0.1) is 0 Å². The minimum atomic E-state index is -0.260. The number of carbonyl (C=O) groups excluding carboxylic acids is 2. The standard InChI is InChI=1S/C29H32N4O4/c1-18(2)37-27-11-10-22(16-25(27)30)29(36)31-23(12-14-34)15-20-6-8-21(9-7-20)26-17-33-13-4-5-24(19(3)35)28(33)32-26/h4-11,13,16-18,23,34H,12,14-15,30H2,1-3H3,(H,31,36)/t23-/m1/s1. The Morgan fingerprint density at radius 1 is 1.14 bits per heavy atom. The monoisotopic (exact) mass is 500 g/mol. The van der Waals surface area contributed by atoms with Crippen LogP contribution in [0.3, 0.4) is 0 Å².